The highest BCUT2D eigenvalue weighted by atomic mass is 32.2. The van der Waals surface area contributed by atoms with E-state index in [2.05, 4.69) is 5.32 Å². The lowest BCUT2D eigenvalue weighted by atomic mass is 10.1. The highest BCUT2D eigenvalue weighted by Crippen LogP contribution is 2.43. The van der Waals surface area contributed by atoms with Gasteiger partial charge in [0.25, 0.3) is 15.7 Å². The van der Waals surface area contributed by atoms with Crippen LogP contribution in [0, 0.1) is 10.1 Å². The molecule has 3 N–H and O–H groups in total. The van der Waals surface area contributed by atoms with Gasteiger partial charge >= 0.3 is 12.4 Å². The summed E-state index contributed by atoms with van der Waals surface area (Å²) in [6, 6.07) is 9.44. The number of sulfonamides is 1. The molecule has 2 heterocycles. The van der Waals surface area contributed by atoms with Gasteiger partial charge in [-0.15, -0.1) is 11.3 Å². The summed E-state index contributed by atoms with van der Waals surface area (Å²) in [6.07, 6.45) is -10.1. The maximum absolute atomic E-state index is 13.9. The Labute approximate surface area is 282 Å². The van der Waals surface area contributed by atoms with E-state index in [9.17, 15) is 55.1 Å². The molecule has 0 radical (unpaired) electrons. The SMILES string of the molecule is O=[N+]([O-])c1ccc(Oc2ccc(O)c(O)c2)c(-c2ccsc2S(=O)(=O)N2CCN(C(=S)Nc3cc(C(F)(F)F)cc(C(F)(F)F)c3)CC2)c1. The summed E-state index contributed by atoms with van der Waals surface area (Å²) < 4.78 is 114. The van der Waals surface area contributed by atoms with Crippen LogP contribution in [0.5, 0.6) is 23.0 Å². The Bertz CT molecular complexity index is 2000. The van der Waals surface area contributed by atoms with Crippen molar-refractivity contribution in [2.24, 2.45) is 0 Å². The fraction of sp³-hybridized carbons (Fsp3) is 0.207. The number of benzene rings is 3. The number of rotatable bonds is 7. The Morgan fingerprint density at radius 2 is 1.51 bits per heavy atom. The van der Waals surface area contributed by atoms with E-state index in [1.54, 1.807) is 0 Å². The third-order valence-electron chi connectivity index (χ3n) is 7.21. The first-order chi connectivity index (χ1) is 22.8. The molecule has 0 bridgehead atoms. The van der Waals surface area contributed by atoms with Crippen LogP contribution in [0.2, 0.25) is 0 Å². The minimum Gasteiger partial charge on any atom is -0.504 e. The van der Waals surface area contributed by atoms with Crippen molar-refractivity contribution in [3.63, 3.8) is 0 Å². The van der Waals surface area contributed by atoms with Crippen LogP contribution < -0.4 is 10.1 Å². The summed E-state index contributed by atoms with van der Waals surface area (Å²) in [5, 5.41) is 34.7. The number of piperazine rings is 1. The summed E-state index contributed by atoms with van der Waals surface area (Å²) in [5.41, 5.74) is -3.89. The van der Waals surface area contributed by atoms with Crippen molar-refractivity contribution in [2.45, 2.75) is 16.6 Å². The van der Waals surface area contributed by atoms with Gasteiger partial charge in [-0.1, -0.05) is 0 Å². The van der Waals surface area contributed by atoms with Gasteiger partial charge in [0.05, 0.1) is 16.1 Å². The molecular formula is C29H22F6N4O7S3. The van der Waals surface area contributed by atoms with E-state index in [0.717, 1.165) is 39.9 Å². The van der Waals surface area contributed by atoms with E-state index in [1.165, 1.54) is 28.5 Å². The van der Waals surface area contributed by atoms with Crippen LogP contribution in [-0.4, -0.2) is 64.1 Å². The Balaban J connectivity index is 1.36. The number of phenolic OH excluding ortho intramolecular Hbond substituents is 2. The number of nitro benzene ring substituents is 1. The van der Waals surface area contributed by atoms with Gasteiger partial charge in [0.2, 0.25) is 0 Å². The first kappa shape index (κ1) is 35.6. The van der Waals surface area contributed by atoms with Crippen molar-refractivity contribution in [3.05, 3.63) is 87.3 Å². The van der Waals surface area contributed by atoms with E-state index in [1.807, 2.05) is 0 Å². The first-order valence-corrected chi connectivity index (χ1v) is 16.5. The molecule has 0 atom stereocenters. The van der Waals surface area contributed by atoms with Crippen LogP contribution in [0.1, 0.15) is 11.1 Å². The number of thiocarbonyl (C=S) groups is 1. The summed E-state index contributed by atoms with van der Waals surface area (Å²) >= 11 is 6.06. The first-order valence-electron chi connectivity index (χ1n) is 13.8. The van der Waals surface area contributed by atoms with Crippen molar-refractivity contribution in [3.8, 4) is 34.1 Å². The molecule has 5 rings (SSSR count). The third kappa shape index (κ3) is 7.82. The number of alkyl halides is 6. The van der Waals surface area contributed by atoms with Crippen molar-refractivity contribution in [1.82, 2.24) is 9.21 Å². The van der Waals surface area contributed by atoms with E-state index in [0.29, 0.717) is 12.1 Å². The van der Waals surface area contributed by atoms with Crippen molar-refractivity contribution in [2.75, 3.05) is 31.5 Å². The standard InChI is InChI=1S/C29H22F6N4O7S3/c30-28(31,32)16-11-17(29(33,34)35)13-18(12-16)36-27(47)37-6-8-38(9-7-37)49(44,45)26-21(5-10-48-26)22-14-19(39(42)43)1-4-25(22)46-20-2-3-23(40)24(41)15-20/h1-5,10-15,40-41H,6-9H2,(H,36,47). The van der Waals surface area contributed by atoms with Crippen LogP contribution in [0.15, 0.2) is 70.3 Å². The van der Waals surface area contributed by atoms with Crippen molar-refractivity contribution in [1.29, 1.82) is 0 Å². The number of nitro groups is 1. The molecule has 1 aromatic heterocycles. The molecule has 0 spiro atoms. The molecule has 0 saturated carbocycles. The molecule has 3 aromatic carbocycles. The molecule has 260 valence electrons. The number of ether oxygens (including phenoxy) is 1. The summed E-state index contributed by atoms with van der Waals surface area (Å²) in [4.78, 5) is 12.3. The summed E-state index contributed by atoms with van der Waals surface area (Å²) in [6.45, 7) is -0.509. The van der Waals surface area contributed by atoms with Gasteiger partial charge in [-0.3, -0.25) is 10.1 Å². The van der Waals surface area contributed by atoms with Crippen molar-refractivity contribution < 1.29 is 54.6 Å². The molecule has 20 heteroatoms. The number of nitrogens with one attached hydrogen (secondary N) is 1. The maximum Gasteiger partial charge on any atom is 0.416 e. The van der Waals surface area contributed by atoms with Gasteiger partial charge in [0.15, 0.2) is 16.6 Å². The Kier molecular flexibility index (Phi) is 9.70. The van der Waals surface area contributed by atoms with Crippen LogP contribution in [-0.2, 0) is 22.4 Å². The van der Waals surface area contributed by atoms with E-state index in [4.69, 9.17) is 17.0 Å². The molecular weight excluding hydrogens is 727 g/mol. The van der Waals surface area contributed by atoms with Crippen LogP contribution >= 0.6 is 23.6 Å². The van der Waals surface area contributed by atoms with E-state index >= 15 is 0 Å². The van der Waals surface area contributed by atoms with Crippen molar-refractivity contribution >= 4 is 50.1 Å². The maximum atomic E-state index is 13.9. The second kappa shape index (κ2) is 13.3. The normalized spacial score (nSPS) is 14.4. The number of hydrogen-bond acceptors (Lipinski definition) is 9. The van der Waals surface area contributed by atoms with Crippen LogP contribution in [0.3, 0.4) is 0 Å². The summed E-state index contributed by atoms with van der Waals surface area (Å²) in [5.74, 6) is -0.902. The zero-order valence-corrected chi connectivity index (χ0v) is 26.9. The summed E-state index contributed by atoms with van der Waals surface area (Å²) in [7, 11) is -4.27. The number of phenols is 2. The fourth-order valence-electron chi connectivity index (χ4n) is 4.80. The topological polar surface area (TPSA) is 145 Å². The van der Waals surface area contributed by atoms with E-state index in [-0.39, 0.29) is 69.9 Å². The zero-order chi connectivity index (χ0) is 35.9. The average Bonchev–Trinajstić information content (AvgIpc) is 3.53. The predicted octanol–water partition coefficient (Wildman–Crippen LogP) is 7.27. The predicted molar refractivity (Wildman–Crippen MR) is 169 cm³/mol. The molecule has 1 aliphatic rings. The Morgan fingerprint density at radius 3 is 2.08 bits per heavy atom. The third-order valence-corrected chi connectivity index (χ3v) is 10.9. The quantitative estimate of drug-likeness (QED) is 0.0580. The van der Waals surface area contributed by atoms with Gasteiger partial charge in [-0.2, -0.15) is 30.6 Å². The molecule has 11 nitrogen and oxygen atoms in total. The molecule has 1 aliphatic heterocycles. The number of halogens is 6. The van der Waals surface area contributed by atoms with E-state index < -0.39 is 55.6 Å². The average molecular weight is 749 g/mol. The zero-order valence-electron chi connectivity index (χ0n) is 24.4. The number of anilines is 1. The van der Waals surface area contributed by atoms with Gasteiger partial charge in [0.1, 0.15) is 15.7 Å². The Morgan fingerprint density at radius 1 is 0.878 bits per heavy atom. The largest absolute Gasteiger partial charge is 0.504 e. The number of non-ortho nitro benzene ring substituents is 1. The lowest BCUT2D eigenvalue weighted by Crippen LogP contribution is -2.51. The molecule has 0 aliphatic carbocycles. The molecule has 4 aromatic rings. The molecule has 49 heavy (non-hydrogen) atoms. The minimum absolute atomic E-state index is 0.00458. The number of hydrogen-bond donors (Lipinski definition) is 3. The highest BCUT2D eigenvalue weighted by molar-refractivity contribution is 7.91. The second-order valence-corrected chi connectivity index (χ2v) is 13.9. The lowest BCUT2D eigenvalue weighted by Gasteiger charge is -2.35. The Hall–Kier alpha value is -4.66. The van der Waals surface area contributed by atoms with Crippen LogP contribution in [0.4, 0.5) is 37.7 Å². The number of aromatic hydroxyl groups is 2. The smallest absolute Gasteiger partial charge is 0.416 e. The van der Waals surface area contributed by atoms with Gasteiger partial charge in [0, 0.05) is 61.2 Å². The molecule has 1 fully saturated rings. The number of nitrogens with zero attached hydrogens (tertiary/aromatic N) is 3. The second-order valence-electron chi connectivity index (χ2n) is 10.4. The fourth-order valence-corrected chi connectivity index (χ4v) is 8.03. The van der Waals surface area contributed by atoms with Gasteiger partial charge in [-0.25, -0.2) is 8.42 Å². The molecule has 1 saturated heterocycles. The lowest BCUT2D eigenvalue weighted by molar-refractivity contribution is -0.384. The minimum atomic E-state index is -5.06. The molecule has 0 unspecified atom stereocenters. The highest BCUT2D eigenvalue weighted by Gasteiger charge is 2.38. The van der Waals surface area contributed by atoms with Gasteiger partial charge in [-0.05, 0) is 60.1 Å². The molecule has 0 amide bonds. The van der Waals surface area contributed by atoms with Crippen LogP contribution in [0.25, 0.3) is 11.1 Å². The monoisotopic (exact) mass is 748 g/mol. The number of thiophene rings is 1. The van der Waals surface area contributed by atoms with Gasteiger partial charge < -0.3 is 25.2 Å².